The maximum atomic E-state index is 8.55. The minimum Gasteiger partial charge on any atom is -0.396 e. The molecule has 7 heteroatoms. The number of rotatable bonds is 4. The van der Waals surface area contributed by atoms with Crippen molar-refractivity contribution in [1.29, 1.82) is 0 Å². The van der Waals surface area contributed by atoms with Gasteiger partial charge in [-0.1, -0.05) is 47.8 Å². The van der Waals surface area contributed by atoms with E-state index in [4.69, 9.17) is 10.2 Å². The van der Waals surface area contributed by atoms with Crippen LogP contribution in [0.5, 0.6) is 0 Å². The highest BCUT2D eigenvalue weighted by Gasteiger charge is 1.91. The van der Waals surface area contributed by atoms with Crippen molar-refractivity contribution in [1.82, 2.24) is 0 Å². The number of alkyl halides is 1. The summed E-state index contributed by atoms with van der Waals surface area (Å²) in [6.07, 6.45) is 0. The van der Waals surface area contributed by atoms with Crippen molar-refractivity contribution < 1.29 is 10.2 Å². The molecule has 2 nitrogen and oxygen atoms in total. The molecular formula is C16H19Br3O2S2. The summed E-state index contributed by atoms with van der Waals surface area (Å²) in [5, 5.41) is 17.1. The lowest BCUT2D eigenvalue weighted by Gasteiger charge is -1.97. The van der Waals surface area contributed by atoms with Crippen molar-refractivity contribution in [3.05, 3.63) is 57.5 Å². The van der Waals surface area contributed by atoms with Crippen LogP contribution in [-0.2, 0) is 0 Å². The predicted molar refractivity (Wildman–Crippen MR) is 114 cm³/mol. The largest absolute Gasteiger partial charge is 0.396 e. The normalized spacial score (nSPS) is 9.30. The molecule has 0 aliphatic rings. The Morgan fingerprint density at radius 2 is 1.26 bits per heavy atom. The Bertz CT molecular complexity index is 485. The number of hydrogen-bond donors (Lipinski definition) is 3. The van der Waals surface area contributed by atoms with Crippen LogP contribution in [0.1, 0.15) is 0 Å². The highest BCUT2D eigenvalue weighted by atomic mass is 79.9. The molecule has 0 saturated carbocycles. The zero-order valence-corrected chi connectivity index (χ0v) is 18.8. The number of benzene rings is 2. The minimum absolute atomic E-state index is 0.236. The molecule has 23 heavy (non-hydrogen) atoms. The van der Waals surface area contributed by atoms with E-state index in [-0.39, 0.29) is 13.2 Å². The Labute approximate surface area is 172 Å². The van der Waals surface area contributed by atoms with Gasteiger partial charge in [-0.25, -0.2) is 0 Å². The Morgan fingerprint density at radius 3 is 1.61 bits per heavy atom. The first kappa shape index (κ1) is 23.5. The predicted octanol–water partition coefficient (Wildman–Crippen LogP) is 5.64. The lowest BCUT2D eigenvalue weighted by molar-refractivity contribution is 0.322. The number of aliphatic hydroxyl groups is 2. The van der Waals surface area contributed by atoms with Crippen molar-refractivity contribution in [2.24, 2.45) is 0 Å². The van der Waals surface area contributed by atoms with Gasteiger partial charge in [0, 0.05) is 29.8 Å². The second kappa shape index (κ2) is 16.0. The maximum Gasteiger partial charge on any atom is 0.0528 e. The molecule has 0 heterocycles. The Hall–Kier alpha value is 0.500. The van der Waals surface area contributed by atoms with Gasteiger partial charge in [-0.2, -0.15) is 0 Å². The van der Waals surface area contributed by atoms with Crippen molar-refractivity contribution in [2.75, 3.05) is 24.3 Å². The summed E-state index contributed by atoms with van der Waals surface area (Å²) in [6, 6.07) is 15.9. The fourth-order valence-corrected chi connectivity index (χ4v) is 2.47. The molecule has 0 fully saturated rings. The molecule has 0 amide bonds. The standard InChI is InChI=1S/C8H9BrOS.C6H5BrS.C2H5BrO/c9-7-1-3-8(4-2-7)11-6-5-10;7-5-1-3-6(8)4-2-5;3-1-2-4/h1-4,10H,5-6H2;1-4,8H;4H,1-2H2. The average Bonchev–Trinajstić information content (AvgIpc) is 2.58. The molecule has 0 aliphatic carbocycles. The van der Waals surface area contributed by atoms with Gasteiger partial charge in [0.05, 0.1) is 13.2 Å². The van der Waals surface area contributed by atoms with Crippen LogP contribution in [0.3, 0.4) is 0 Å². The van der Waals surface area contributed by atoms with Crippen LogP contribution < -0.4 is 0 Å². The molecule has 2 N–H and O–H groups in total. The van der Waals surface area contributed by atoms with E-state index in [0.29, 0.717) is 5.33 Å². The van der Waals surface area contributed by atoms with Crippen LogP contribution in [0.4, 0.5) is 0 Å². The molecule has 2 aromatic rings. The summed E-state index contributed by atoms with van der Waals surface area (Å²) < 4.78 is 2.18. The minimum atomic E-state index is 0.236. The van der Waals surface area contributed by atoms with Gasteiger partial charge in [-0.3, -0.25) is 0 Å². The molecule has 0 saturated heterocycles. The van der Waals surface area contributed by atoms with E-state index in [0.717, 1.165) is 19.6 Å². The zero-order valence-electron chi connectivity index (χ0n) is 12.3. The van der Waals surface area contributed by atoms with Gasteiger partial charge in [-0.05, 0) is 48.5 Å². The van der Waals surface area contributed by atoms with Gasteiger partial charge in [-0.15, -0.1) is 24.4 Å². The first-order chi connectivity index (χ1) is 11.0. The van der Waals surface area contributed by atoms with Crippen molar-refractivity contribution in [3.8, 4) is 0 Å². The fourth-order valence-electron chi connectivity index (χ4n) is 1.14. The molecule has 2 aromatic carbocycles. The highest BCUT2D eigenvalue weighted by molar-refractivity contribution is 9.10. The second-order valence-electron chi connectivity index (χ2n) is 3.91. The van der Waals surface area contributed by atoms with E-state index in [1.54, 1.807) is 11.8 Å². The summed E-state index contributed by atoms with van der Waals surface area (Å²) in [6.45, 7) is 0.473. The molecule has 0 aliphatic heterocycles. The summed E-state index contributed by atoms with van der Waals surface area (Å²) in [4.78, 5) is 2.19. The lowest BCUT2D eigenvalue weighted by atomic mass is 10.4. The molecular weight excluding hydrogens is 528 g/mol. The molecule has 0 unspecified atom stereocenters. The number of thioether (sulfide) groups is 1. The summed E-state index contributed by atoms with van der Waals surface area (Å²) >= 11 is 15.4. The van der Waals surface area contributed by atoms with E-state index in [9.17, 15) is 0 Å². The Balaban J connectivity index is 0.000000354. The van der Waals surface area contributed by atoms with Gasteiger partial charge in [0.15, 0.2) is 0 Å². The Morgan fingerprint density at radius 1 is 0.826 bits per heavy atom. The van der Waals surface area contributed by atoms with Gasteiger partial charge in [0.1, 0.15) is 0 Å². The summed E-state index contributed by atoms with van der Waals surface area (Å²) in [5.41, 5.74) is 0. The first-order valence-corrected chi connectivity index (χ1v) is 10.8. The van der Waals surface area contributed by atoms with Gasteiger partial charge in [0.25, 0.3) is 0 Å². The molecule has 0 radical (unpaired) electrons. The van der Waals surface area contributed by atoms with Crippen LogP contribution in [0.15, 0.2) is 67.3 Å². The van der Waals surface area contributed by atoms with E-state index in [1.165, 1.54) is 4.90 Å². The van der Waals surface area contributed by atoms with Crippen LogP contribution in [0.25, 0.3) is 0 Å². The molecule has 2 rings (SSSR count). The van der Waals surface area contributed by atoms with Gasteiger partial charge < -0.3 is 10.2 Å². The van der Waals surface area contributed by atoms with E-state index in [1.807, 2.05) is 48.5 Å². The first-order valence-electron chi connectivity index (χ1n) is 6.64. The molecule has 0 atom stereocenters. The SMILES string of the molecule is OCCBr.OCCSc1ccc(Br)cc1.Sc1ccc(Br)cc1. The van der Waals surface area contributed by atoms with Crippen molar-refractivity contribution >= 4 is 72.2 Å². The van der Waals surface area contributed by atoms with Crippen LogP contribution in [0, 0.1) is 0 Å². The fraction of sp³-hybridized carbons (Fsp3) is 0.250. The number of halogens is 3. The van der Waals surface area contributed by atoms with Crippen LogP contribution in [0.2, 0.25) is 0 Å². The highest BCUT2D eigenvalue weighted by Crippen LogP contribution is 2.19. The molecule has 0 bridgehead atoms. The van der Waals surface area contributed by atoms with Crippen LogP contribution in [-0.4, -0.2) is 34.5 Å². The van der Waals surface area contributed by atoms with E-state index in [2.05, 4.69) is 60.4 Å². The number of hydrogen-bond acceptors (Lipinski definition) is 4. The second-order valence-corrected chi connectivity index (χ2v) is 8.22. The smallest absolute Gasteiger partial charge is 0.0528 e. The average molecular weight is 547 g/mol. The lowest BCUT2D eigenvalue weighted by Crippen LogP contribution is -1.84. The zero-order chi connectivity index (χ0) is 17.5. The number of aliphatic hydroxyl groups excluding tert-OH is 2. The number of thiol groups is 1. The third-order valence-corrected chi connectivity index (χ3v) is 4.79. The van der Waals surface area contributed by atoms with E-state index >= 15 is 0 Å². The van der Waals surface area contributed by atoms with Crippen molar-refractivity contribution in [2.45, 2.75) is 9.79 Å². The molecule has 0 spiro atoms. The van der Waals surface area contributed by atoms with E-state index < -0.39 is 0 Å². The summed E-state index contributed by atoms with van der Waals surface area (Å²) in [7, 11) is 0. The van der Waals surface area contributed by atoms with Crippen molar-refractivity contribution in [3.63, 3.8) is 0 Å². The maximum absolute atomic E-state index is 8.55. The quantitative estimate of drug-likeness (QED) is 0.264. The Kier molecular flexibility index (Phi) is 16.3. The van der Waals surface area contributed by atoms with Gasteiger partial charge in [0.2, 0.25) is 0 Å². The van der Waals surface area contributed by atoms with Gasteiger partial charge >= 0.3 is 0 Å². The topological polar surface area (TPSA) is 40.5 Å². The third-order valence-electron chi connectivity index (χ3n) is 2.08. The van der Waals surface area contributed by atoms with Crippen LogP contribution >= 0.6 is 72.2 Å². The molecule has 0 aromatic heterocycles. The monoisotopic (exact) mass is 544 g/mol. The molecule has 128 valence electrons. The third kappa shape index (κ3) is 14.5. The summed E-state index contributed by atoms with van der Waals surface area (Å²) in [5.74, 6) is 0.766.